The Labute approximate surface area is 264 Å². The van der Waals surface area contributed by atoms with Crippen LogP contribution in [0.5, 0.6) is 0 Å². The Bertz CT molecular complexity index is 1470. The van der Waals surface area contributed by atoms with Crippen molar-refractivity contribution in [2.24, 2.45) is 50.2 Å². The van der Waals surface area contributed by atoms with Crippen LogP contribution in [0.3, 0.4) is 0 Å². The topological polar surface area (TPSA) is 43.4 Å². The van der Waals surface area contributed by atoms with E-state index in [1.54, 1.807) is 18.2 Å². The smallest absolute Gasteiger partial charge is 0.313 e. The fraction of sp³-hybridized carbons (Fsp3) is 0.730. The van der Waals surface area contributed by atoms with Gasteiger partial charge in [-0.05, 0) is 110 Å². The van der Waals surface area contributed by atoms with Gasteiger partial charge in [-0.3, -0.25) is 9.59 Å². The molecule has 3 nitrogen and oxygen atoms in total. The second-order valence-electron chi connectivity index (χ2n) is 17.4. The van der Waals surface area contributed by atoms with Crippen LogP contribution in [0.4, 0.5) is 8.78 Å². The van der Waals surface area contributed by atoms with Crippen molar-refractivity contribution >= 4 is 33.8 Å². The fourth-order valence-electron chi connectivity index (χ4n) is 12.6. The number of esters is 1. The van der Waals surface area contributed by atoms with Gasteiger partial charge in [0.15, 0.2) is 11.4 Å². The molecule has 6 fully saturated rings. The van der Waals surface area contributed by atoms with Gasteiger partial charge in [-0.1, -0.05) is 70.5 Å². The third kappa shape index (κ3) is 3.51. The molecule has 1 spiro atoms. The highest BCUT2D eigenvalue weighted by Gasteiger charge is 2.84. The van der Waals surface area contributed by atoms with E-state index in [4.69, 9.17) is 4.74 Å². The zero-order valence-electron chi connectivity index (χ0n) is 26.8. The number of rotatable bonds is 1. The van der Waals surface area contributed by atoms with E-state index in [1.165, 1.54) is 6.07 Å². The van der Waals surface area contributed by atoms with E-state index < -0.39 is 28.0 Å². The Morgan fingerprint density at radius 2 is 1.63 bits per heavy atom. The quantitative estimate of drug-likeness (QED) is 0.223. The summed E-state index contributed by atoms with van der Waals surface area (Å²) in [5.41, 5.74) is -2.36. The summed E-state index contributed by atoms with van der Waals surface area (Å²) in [4.78, 5) is 27.9. The van der Waals surface area contributed by atoms with Gasteiger partial charge in [0, 0.05) is 26.8 Å². The number of halogens is 3. The third-order valence-corrected chi connectivity index (χ3v) is 15.4. The van der Waals surface area contributed by atoms with Crippen molar-refractivity contribution in [3.8, 4) is 0 Å². The lowest BCUT2D eigenvalue weighted by atomic mass is 9.30. The maximum atomic E-state index is 17.5. The van der Waals surface area contributed by atoms with Crippen molar-refractivity contribution < 1.29 is 23.1 Å². The molecule has 6 aliphatic rings. The average Bonchev–Trinajstić information content (AvgIpc) is 3.10. The molecule has 1 aliphatic heterocycles. The number of carbonyl (C=O) groups excluding carboxylic acids is 2. The Morgan fingerprint density at radius 1 is 0.930 bits per heavy atom. The van der Waals surface area contributed by atoms with Crippen LogP contribution in [0, 0.1) is 56.1 Å². The first-order valence-electron chi connectivity index (χ1n) is 16.5. The highest BCUT2D eigenvalue weighted by molar-refractivity contribution is 9.10. The molecule has 5 aliphatic carbocycles. The summed E-state index contributed by atoms with van der Waals surface area (Å²) in [7, 11) is 0. The number of fused-ring (bicyclic) bond motifs is 4. The van der Waals surface area contributed by atoms with Crippen LogP contribution < -0.4 is 0 Å². The zero-order chi connectivity index (χ0) is 31.2. The molecule has 0 N–H and O–H groups in total. The lowest BCUT2D eigenvalue weighted by Crippen LogP contribution is -2.75. The summed E-state index contributed by atoms with van der Waals surface area (Å²) >= 11 is 3.34. The number of Topliss-reactive ketones (excluding diaryl/α,β-unsaturated/α-hetero) is 1. The minimum atomic E-state index is -1.26. The van der Waals surface area contributed by atoms with Crippen molar-refractivity contribution in [1.82, 2.24) is 0 Å². The minimum Gasteiger partial charge on any atom is -0.455 e. The molecule has 6 heteroatoms. The Hall–Kier alpha value is -1.56. The Balaban J connectivity index is 1.35. The molecule has 1 saturated heterocycles. The van der Waals surface area contributed by atoms with Crippen LogP contribution >= 0.6 is 15.9 Å². The van der Waals surface area contributed by atoms with Crippen LogP contribution in [0.15, 0.2) is 28.2 Å². The van der Waals surface area contributed by atoms with Gasteiger partial charge in [-0.2, -0.15) is 0 Å². The molecule has 0 radical (unpaired) electrons. The number of hydrogen-bond donors (Lipinski definition) is 0. The summed E-state index contributed by atoms with van der Waals surface area (Å²) < 4.78 is 39.7. The summed E-state index contributed by atoms with van der Waals surface area (Å²) in [6.45, 7) is 15.5. The van der Waals surface area contributed by atoms with E-state index in [9.17, 15) is 9.59 Å². The van der Waals surface area contributed by atoms with Gasteiger partial charge in [-0.25, -0.2) is 8.78 Å². The molecule has 1 aromatic rings. The fourth-order valence-corrected chi connectivity index (χ4v) is 12.9. The number of ketones is 1. The third-order valence-electron chi connectivity index (χ3n) is 14.9. The van der Waals surface area contributed by atoms with Crippen LogP contribution in [0.1, 0.15) is 112 Å². The lowest BCUT2D eigenvalue weighted by molar-refractivity contribution is -0.299. The van der Waals surface area contributed by atoms with Crippen molar-refractivity contribution in [1.29, 1.82) is 0 Å². The second kappa shape index (κ2) is 8.82. The second-order valence-corrected chi connectivity index (χ2v) is 18.3. The minimum absolute atomic E-state index is 0.00156. The molecular weight excluding hydrogens is 610 g/mol. The zero-order valence-corrected chi connectivity index (χ0v) is 28.4. The molecule has 9 atom stereocenters. The van der Waals surface area contributed by atoms with Gasteiger partial charge in [-0.15, -0.1) is 0 Å². The van der Waals surface area contributed by atoms with E-state index in [2.05, 4.69) is 50.5 Å². The number of allylic oxidation sites excluding steroid dienone is 1. The first kappa shape index (κ1) is 30.1. The number of benzene rings is 1. The number of carbonyl (C=O) groups is 2. The number of hydrogen-bond acceptors (Lipinski definition) is 3. The summed E-state index contributed by atoms with van der Waals surface area (Å²) in [5, 5.41) is 0. The van der Waals surface area contributed by atoms with Crippen molar-refractivity contribution in [3.05, 3.63) is 39.6 Å². The normalized spacial score (nSPS) is 48.6. The van der Waals surface area contributed by atoms with E-state index in [0.29, 0.717) is 28.5 Å². The molecule has 1 heterocycles. The summed E-state index contributed by atoms with van der Waals surface area (Å²) in [6.07, 6.45) is 7.25. The van der Waals surface area contributed by atoms with E-state index in [-0.39, 0.29) is 51.6 Å². The van der Waals surface area contributed by atoms with Gasteiger partial charge in [0.1, 0.15) is 12.0 Å². The Morgan fingerprint density at radius 3 is 2.33 bits per heavy atom. The van der Waals surface area contributed by atoms with Crippen LogP contribution in [0.25, 0.3) is 6.08 Å². The molecule has 0 amide bonds. The predicted octanol–water partition coefficient (Wildman–Crippen LogP) is 9.66. The van der Waals surface area contributed by atoms with Gasteiger partial charge in [0.2, 0.25) is 0 Å². The largest absolute Gasteiger partial charge is 0.455 e. The molecule has 7 rings (SSSR count). The standard InChI is InChI=1S/C37H47BrF2O3/c1-31(2)12-14-36-15-13-35(7)34(6)11-10-25-32(3,4)29(41)22(16-21-8-9-23(38)17-24(21)39)19-33(25,5)26(34)18-28(40)37(35,27(36)20-31)43-30(36)42/h8-9,16-17,25-28H,10-15,18-20H2,1-7H3/b22-16+/t25-,26+,27+,28+,33-,34+,35-,36-,37+/m0/s1. The molecule has 234 valence electrons. The monoisotopic (exact) mass is 656 g/mol. The van der Waals surface area contributed by atoms with Gasteiger partial charge < -0.3 is 4.74 Å². The van der Waals surface area contributed by atoms with E-state index in [1.807, 2.05) is 13.8 Å². The van der Waals surface area contributed by atoms with Gasteiger partial charge in [0.25, 0.3) is 0 Å². The first-order valence-corrected chi connectivity index (χ1v) is 17.3. The molecule has 2 bridgehead atoms. The lowest BCUT2D eigenvalue weighted by Gasteiger charge is -2.74. The van der Waals surface area contributed by atoms with E-state index in [0.717, 1.165) is 44.9 Å². The van der Waals surface area contributed by atoms with Crippen LogP contribution in [-0.4, -0.2) is 23.5 Å². The predicted molar refractivity (Wildman–Crippen MR) is 167 cm³/mol. The molecule has 5 saturated carbocycles. The SMILES string of the molecule is CC1(C)CC[C@@]23CC[C@]4(C)[C@](OC2=O)([C@H](F)C[C@@H]2[C@@]5(C)C/C(=C\c6ccc(Br)cc6F)C(=O)C(C)(C)[C@@H]5CC[C@]24C)[C@@H]3C1. The summed E-state index contributed by atoms with van der Waals surface area (Å²) in [5.74, 6) is -0.454. The highest BCUT2D eigenvalue weighted by Crippen LogP contribution is 2.81. The first-order chi connectivity index (χ1) is 19.9. The van der Waals surface area contributed by atoms with Crippen LogP contribution in [-0.2, 0) is 14.3 Å². The summed E-state index contributed by atoms with van der Waals surface area (Å²) in [6, 6.07) is 4.94. The molecule has 0 aromatic heterocycles. The molecule has 0 unspecified atom stereocenters. The van der Waals surface area contributed by atoms with Crippen LogP contribution in [0.2, 0.25) is 0 Å². The Kier molecular flexibility index (Phi) is 6.18. The van der Waals surface area contributed by atoms with E-state index >= 15 is 8.78 Å². The molecule has 43 heavy (non-hydrogen) atoms. The van der Waals surface area contributed by atoms with Crippen molar-refractivity contribution in [2.45, 2.75) is 118 Å². The van der Waals surface area contributed by atoms with Crippen molar-refractivity contribution in [3.63, 3.8) is 0 Å². The highest BCUT2D eigenvalue weighted by atomic mass is 79.9. The number of alkyl halides is 1. The molecule has 1 aromatic carbocycles. The van der Waals surface area contributed by atoms with Gasteiger partial charge in [0.05, 0.1) is 5.41 Å². The number of ether oxygens (including phenoxy) is 1. The maximum Gasteiger partial charge on any atom is 0.313 e. The average molecular weight is 658 g/mol. The van der Waals surface area contributed by atoms with Crippen molar-refractivity contribution in [2.75, 3.05) is 0 Å². The van der Waals surface area contributed by atoms with Gasteiger partial charge >= 0.3 is 5.97 Å². The molecular formula is C37H47BrF2O3. The maximum absolute atomic E-state index is 17.5.